The molecule has 0 radical (unpaired) electrons. The van der Waals surface area contributed by atoms with Gasteiger partial charge in [0.15, 0.2) is 0 Å². The van der Waals surface area contributed by atoms with Crippen LogP contribution < -0.4 is 4.74 Å². The third-order valence-corrected chi connectivity index (χ3v) is 5.07. The lowest BCUT2D eigenvalue weighted by molar-refractivity contribution is 0.224. The van der Waals surface area contributed by atoms with Crippen LogP contribution in [0.2, 0.25) is 0 Å². The van der Waals surface area contributed by atoms with Crippen LogP contribution in [0.5, 0.6) is 5.75 Å². The third kappa shape index (κ3) is 2.98. The van der Waals surface area contributed by atoms with E-state index in [2.05, 4.69) is 34.1 Å². The van der Waals surface area contributed by atoms with Crippen molar-refractivity contribution >= 4 is 37.4 Å². The van der Waals surface area contributed by atoms with Crippen molar-refractivity contribution in [3.05, 3.63) is 63.4 Å². The number of hydrogen-bond acceptors (Lipinski definition) is 3. The second-order valence-electron chi connectivity index (χ2n) is 4.71. The minimum absolute atomic E-state index is 0.616. The van der Waals surface area contributed by atoms with Gasteiger partial charge in [0.2, 0.25) is 0 Å². The number of benzene rings is 2. The molecule has 2 nitrogen and oxygen atoms in total. The van der Waals surface area contributed by atoms with Gasteiger partial charge in [0, 0.05) is 9.58 Å². The third-order valence-electron chi connectivity index (χ3n) is 3.29. The summed E-state index contributed by atoms with van der Waals surface area (Å²) in [6.45, 7) is 2.57. The van der Waals surface area contributed by atoms with E-state index in [4.69, 9.17) is 4.74 Å². The van der Waals surface area contributed by atoms with Crippen LogP contribution >= 0.6 is 27.3 Å². The van der Waals surface area contributed by atoms with Crippen molar-refractivity contribution in [1.82, 2.24) is 0 Å². The van der Waals surface area contributed by atoms with E-state index in [1.807, 2.05) is 37.3 Å². The lowest BCUT2D eigenvalue weighted by Gasteiger charge is -2.12. The fraction of sp³-hybridized carbons (Fsp3) is 0.176. The Balaban J connectivity index is 1.93. The smallest absolute Gasteiger partial charge is 0.133 e. The maximum absolute atomic E-state index is 10.6. The molecule has 3 rings (SSSR count). The molecule has 1 heterocycles. The monoisotopic (exact) mass is 362 g/mol. The number of aliphatic hydroxyl groups is 1. The molecule has 1 aromatic heterocycles. The fourth-order valence-corrected chi connectivity index (χ4v) is 3.85. The first-order valence-corrected chi connectivity index (χ1v) is 8.38. The number of thiophene rings is 1. The van der Waals surface area contributed by atoms with Crippen LogP contribution in [0.4, 0.5) is 0 Å². The first-order valence-electron chi connectivity index (χ1n) is 6.78. The Morgan fingerprint density at radius 2 is 2.00 bits per heavy atom. The second-order valence-corrected chi connectivity index (χ2v) is 6.68. The van der Waals surface area contributed by atoms with Crippen LogP contribution in [0.15, 0.2) is 53.0 Å². The predicted octanol–water partition coefficient (Wildman–Crippen LogP) is 5.14. The molecule has 0 aliphatic rings. The van der Waals surface area contributed by atoms with Gasteiger partial charge in [-0.15, -0.1) is 11.3 Å². The number of fused-ring (bicyclic) bond motifs is 1. The van der Waals surface area contributed by atoms with Gasteiger partial charge in [0.25, 0.3) is 0 Å². The van der Waals surface area contributed by atoms with Crippen molar-refractivity contribution in [1.29, 1.82) is 0 Å². The highest BCUT2D eigenvalue weighted by Gasteiger charge is 2.15. The number of halogens is 1. The Morgan fingerprint density at radius 1 is 1.19 bits per heavy atom. The van der Waals surface area contributed by atoms with Crippen molar-refractivity contribution in [3.63, 3.8) is 0 Å². The minimum Gasteiger partial charge on any atom is -0.493 e. The van der Waals surface area contributed by atoms with Crippen LogP contribution in [-0.4, -0.2) is 11.7 Å². The van der Waals surface area contributed by atoms with Crippen molar-refractivity contribution < 1.29 is 9.84 Å². The zero-order valence-corrected chi connectivity index (χ0v) is 13.9. The first-order chi connectivity index (χ1) is 10.2. The van der Waals surface area contributed by atoms with E-state index in [0.29, 0.717) is 6.61 Å². The molecular weight excluding hydrogens is 348 g/mol. The summed E-state index contributed by atoms with van der Waals surface area (Å²) in [5.74, 6) is 0.796. The second kappa shape index (κ2) is 6.18. The summed E-state index contributed by atoms with van der Waals surface area (Å²) in [6.07, 6.45) is -0.616. The highest BCUT2D eigenvalue weighted by Crippen LogP contribution is 2.35. The molecule has 21 heavy (non-hydrogen) atoms. The molecule has 108 valence electrons. The molecule has 0 fully saturated rings. The van der Waals surface area contributed by atoms with Crippen molar-refractivity contribution in [2.24, 2.45) is 0 Å². The van der Waals surface area contributed by atoms with Gasteiger partial charge in [-0.25, -0.2) is 0 Å². The summed E-state index contributed by atoms with van der Waals surface area (Å²) in [5.41, 5.74) is 0.858. The SMILES string of the molecule is CCOc1ccc(C(O)c2cc3ccccc3s2)cc1Br. The van der Waals surface area contributed by atoms with E-state index in [1.165, 1.54) is 10.1 Å². The zero-order valence-electron chi connectivity index (χ0n) is 11.5. The normalized spacial score (nSPS) is 12.5. The maximum atomic E-state index is 10.6. The average Bonchev–Trinajstić information content (AvgIpc) is 2.92. The van der Waals surface area contributed by atoms with Gasteiger partial charge in [-0.05, 0) is 58.1 Å². The lowest BCUT2D eigenvalue weighted by Crippen LogP contribution is -1.98. The molecule has 0 amide bonds. The Labute approximate surface area is 136 Å². The molecule has 0 bridgehead atoms. The molecule has 2 aromatic carbocycles. The largest absolute Gasteiger partial charge is 0.493 e. The topological polar surface area (TPSA) is 29.5 Å². The summed E-state index contributed by atoms with van der Waals surface area (Å²) in [4.78, 5) is 0.951. The summed E-state index contributed by atoms with van der Waals surface area (Å²) in [6, 6.07) is 15.9. The molecule has 0 saturated carbocycles. The highest BCUT2D eigenvalue weighted by atomic mass is 79.9. The van der Waals surface area contributed by atoms with Gasteiger partial charge in [0.1, 0.15) is 11.9 Å². The predicted molar refractivity (Wildman–Crippen MR) is 91.2 cm³/mol. The molecule has 4 heteroatoms. The molecule has 3 aromatic rings. The van der Waals surface area contributed by atoms with Gasteiger partial charge in [-0.2, -0.15) is 0 Å². The molecule has 0 aliphatic heterocycles. The van der Waals surface area contributed by atoms with Crippen LogP contribution in [0.3, 0.4) is 0 Å². The van der Waals surface area contributed by atoms with Crippen molar-refractivity contribution in [2.75, 3.05) is 6.61 Å². The van der Waals surface area contributed by atoms with Crippen LogP contribution in [0, 0.1) is 0 Å². The number of hydrogen-bond donors (Lipinski definition) is 1. The van der Waals surface area contributed by atoms with E-state index in [1.54, 1.807) is 11.3 Å². The van der Waals surface area contributed by atoms with Crippen molar-refractivity contribution in [2.45, 2.75) is 13.0 Å². The molecule has 0 saturated heterocycles. The maximum Gasteiger partial charge on any atom is 0.133 e. The lowest BCUT2D eigenvalue weighted by atomic mass is 10.1. The average molecular weight is 363 g/mol. The van der Waals surface area contributed by atoms with Gasteiger partial charge in [-0.1, -0.05) is 24.3 Å². The van der Waals surface area contributed by atoms with E-state index in [-0.39, 0.29) is 0 Å². The van der Waals surface area contributed by atoms with E-state index >= 15 is 0 Å². The molecular formula is C17H15BrO2S. The number of aliphatic hydroxyl groups excluding tert-OH is 1. The minimum atomic E-state index is -0.616. The van der Waals surface area contributed by atoms with Crippen LogP contribution in [0.1, 0.15) is 23.5 Å². The Morgan fingerprint density at radius 3 is 2.71 bits per heavy atom. The first kappa shape index (κ1) is 14.6. The molecule has 1 unspecified atom stereocenters. The fourth-order valence-electron chi connectivity index (χ4n) is 2.26. The van der Waals surface area contributed by atoms with Gasteiger partial charge in [-0.3, -0.25) is 0 Å². The summed E-state index contributed by atoms with van der Waals surface area (Å²) < 4.78 is 7.55. The molecule has 1 N–H and O–H groups in total. The van der Waals surface area contributed by atoms with Gasteiger partial charge >= 0.3 is 0 Å². The molecule has 1 atom stereocenters. The summed E-state index contributed by atoms with van der Waals surface area (Å²) in [5, 5.41) is 11.8. The quantitative estimate of drug-likeness (QED) is 0.695. The Hall–Kier alpha value is -1.36. The Bertz CT molecular complexity index is 733. The molecule has 0 spiro atoms. The van der Waals surface area contributed by atoms with Crippen molar-refractivity contribution in [3.8, 4) is 5.75 Å². The zero-order chi connectivity index (χ0) is 14.8. The summed E-state index contributed by atoms with van der Waals surface area (Å²) in [7, 11) is 0. The van der Waals surface area contributed by atoms with Gasteiger partial charge < -0.3 is 9.84 Å². The molecule has 0 aliphatic carbocycles. The standard InChI is InChI=1S/C17H15BrO2S/c1-2-20-14-8-7-12(9-13(14)18)17(19)16-10-11-5-3-4-6-15(11)21-16/h3-10,17,19H,2H2,1H3. The number of ether oxygens (including phenoxy) is 1. The summed E-state index contributed by atoms with van der Waals surface area (Å²) >= 11 is 5.11. The van der Waals surface area contributed by atoms with E-state index in [9.17, 15) is 5.11 Å². The van der Waals surface area contributed by atoms with E-state index < -0.39 is 6.10 Å². The highest BCUT2D eigenvalue weighted by molar-refractivity contribution is 9.10. The van der Waals surface area contributed by atoms with E-state index in [0.717, 1.165) is 20.7 Å². The van der Waals surface area contributed by atoms with Crippen LogP contribution in [-0.2, 0) is 0 Å². The van der Waals surface area contributed by atoms with Gasteiger partial charge in [0.05, 0.1) is 11.1 Å². The Kier molecular flexibility index (Phi) is 4.29. The van der Waals surface area contributed by atoms with Crippen LogP contribution in [0.25, 0.3) is 10.1 Å². The number of rotatable bonds is 4.